The predicted octanol–water partition coefficient (Wildman–Crippen LogP) is 3.27. The molecule has 0 aliphatic heterocycles. The van der Waals surface area contributed by atoms with E-state index in [2.05, 4.69) is 29.6 Å². The first-order valence-corrected chi connectivity index (χ1v) is 15.2. The molecule has 0 bridgehead atoms. The third-order valence-corrected chi connectivity index (χ3v) is 7.87. The van der Waals surface area contributed by atoms with Crippen molar-refractivity contribution in [2.45, 2.75) is 70.2 Å². The molecule has 0 aliphatic carbocycles. The third-order valence-electron chi connectivity index (χ3n) is 7.13. The van der Waals surface area contributed by atoms with Crippen molar-refractivity contribution in [1.82, 2.24) is 24.0 Å². The zero-order valence-corrected chi connectivity index (χ0v) is 24.4. The summed E-state index contributed by atoms with van der Waals surface area (Å²) < 4.78 is 4.94. The lowest BCUT2D eigenvalue weighted by molar-refractivity contribution is 0.167. The molecular formula is C30H40N6O3S. The monoisotopic (exact) mass is 564 g/mol. The van der Waals surface area contributed by atoms with Gasteiger partial charge < -0.3 is 20.7 Å². The van der Waals surface area contributed by atoms with Crippen LogP contribution in [0.5, 0.6) is 0 Å². The minimum Gasteiger partial charge on any atom is -0.399 e. The molecule has 0 spiro atoms. The van der Waals surface area contributed by atoms with E-state index in [1.807, 2.05) is 48.9 Å². The number of imidazole rings is 1. The first kappa shape index (κ1) is 29.6. The summed E-state index contributed by atoms with van der Waals surface area (Å²) in [6, 6.07) is 15.9. The fourth-order valence-electron chi connectivity index (χ4n) is 4.79. The Balaban J connectivity index is 1.80. The third kappa shape index (κ3) is 6.86. The average Bonchev–Trinajstić information content (AvgIpc) is 3.32. The number of rotatable bonds is 14. The van der Waals surface area contributed by atoms with Crippen LogP contribution in [0.3, 0.4) is 0 Å². The quantitative estimate of drug-likeness (QED) is 0.122. The fourth-order valence-corrected chi connectivity index (χ4v) is 5.20. The molecule has 0 amide bonds. The molecule has 214 valence electrons. The van der Waals surface area contributed by atoms with Gasteiger partial charge in [-0.3, -0.25) is 13.9 Å². The van der Waals surface area contributed by atoms with Gasteiger partial charge >= 0.3 is 5.69 Å². The molecule has 2 aromatic heterocycles. The van der Waals surface area contributed by atoms with Crippen LogP contribution < -0.4 is 22.3 Å². The highest BCUT2D eigenvalue weighted by Crippen LogP contribution is 2.19. The average molecular weight is 565 g/mol. The van der Waals surface area contributed by atoms with Gasteiger partial charge in [0.25, 0.3) is 5.56 Å². The summed E-state index contributed by atoms with van der Waals surface area (Å²) in [7, 11) is 0. The molecule has 4 N–H and O–H groups in total. The van der Waals surface area contributed by atoms with E-state index >= 15 is 0 Å². The van der Waals surface area contributed by atoms with Crippen LogP contribution in [0.25, 0.3) is 11.2 Å². The normalized spacial score (nSPS) is 12.3. The van der Waals surface area contributed by atoms with E-state index in [-0.39, 0.29) is 11.2 Å². The molecule has 4 aromatic rings. The summed E-state index contributed by atoms with van der Waals surface area (Å²) in [6.45, 7) is 6.15. The topological polar surface area (TPSA) is 120 Å². The van der Waals surface area contributed by atoms with Crippen LogP contribution in [0, 0.1) is 0 Å². The summed E-state index contributed by atoms with van der Waals surface area (Å²) in [5, 5.41) is 13.3. The Morgan fingerprint density at radius 2 is 1.65 bits per heavy atom. The van der Waals surface area contributed by atoms with Gasteiger partial charge in [-0.25, -0.2) is 9.78 Å². The van der Waals surface area contributed by atoms with Crippen molar-refractivity contribution >= 4 is 28.6 Å². The van der Waals surface area contributed by atoms with E-state index in [0.717, 1.165) is 17.0 Å². The number of benzene rings is 2. The number of hydrogen-bond acceptors (Lipinski definition) is 7. The SMILES string of the molecule is CCCn1c(=O)c2c(nc(Cc3ccc(SC)cc3)n2CCNCC(O)CC)n(CCc2ccc(N)cc2)c1=O. The molecule has 1 atom stereocenters. The number of nitrogens with two attached hydrogens (primary N) is 1. The summed E-state index contributed by atoms with van der Waals surface area (Å²) in [4.78, 5) is 33.5. The van der Waals surface area contributed by atoms with Crippen molar-refractivity contribution in [1.29, 1.82) is 0 Å². The number of hydrogen-bond donors (Lipinski definition) is 3. The van der Waals surface area contributed by atoms with E-state index in [9.17, 15) is 14.7 Å². The molecule has 0 aliphatic rings. The molecule has 4 rings (SSSR count). The van der Waals surface area contributed by atoms with Crippen LogP contribution in [-0.4, -0.2) is 49.2 Å². The van der Waals surface area contributed by atoms with Crippen molar-refractivity contribution in [3.8, 4) is 0 Å². The number of nitrogens with zero attached hydrogens (tertiary/aromatic N) is 4. The van der Waals surface area contributed by atoms with E-state index in [1.165, 1.54) is 9.46 Å². The first-order valence-electron chi connectivity index (χ1n) is 13.9. The lowest BCUT2D eigenvalue weighted by atomic mass is 10.1. The zero-order valence-electron chi connectivity index (χ0n) is 23.6. The van der Waals surface area contributed by atoms with Gasteiger partial charge in [0.2, 0.25) is 0 Å². The van der Waals surface area contributed by atoms with Gasteiger partial charge in [-0.15, -0.1) is 11.8 Å². The van der Waals surface area contributed by atoms with Crippen molar-refractivity contribution in [2.75, 3.05) is 25.1 Å². The molecule has 0 saturated heterocycles. The van der Waals surface area contributed by atoms with E-state index in [1.54, 1.807) is 16.3 Å². The van der Waals surface area contributed by atoms with Crippen LogP contribution in [0.1, 0.15) is 43.6 Å². The van der Waals surface area contributed by atoms with Crippen LogP contribution in [0.2, 0.25) is 0 Å². The summed E-state index contributed by atoms with van der Waals surface area (Å²) in [6.07, 6.45) is 4.09. The van der Waals surface area contributed by atoms with Crippen molar-refractivity contribution in [2.24, 2.45) is 0 Å². The maximum Gasteiger partial charge on any atom is 0.332 e. The molecule has 0 radical (unpaired) electrons. The minimum absolute atomic E-state index is 0.310. The molecule has 0 fully saturated rings. The number of anilines is 1. The van der Waals surface area contributed by atoms with Gasteiger partial charge in [0.1, 0.15) is 5.82 Å². The molecule has 0 saturated carbocycles. The molecular weight excluding hydrogens is 524 g/mol. The van der Waals surface area contributed by atoms with Gasteiger partial charge in [-0.2, -0.15) is 0 Å². The molecule has 1 unspecified atom stereocenters. The Bertz CT molecular complexity index is 1520. The number of aliphatic hydroxyl groups excluding tert-OH is 1. The lowest BCUT2D eigenvalue weighted by Gasteiger charge is -2.14. The van der Waals surface area contributed by atoms with Gasteiger partial charge in [-0.05, 0) is 60.9 Å². The van der Waals surface area contributed by atoms with E-state index in [0.29, 0.717) is 75.3 Å². The zero-order chi connectivity index (χ0) is 28.6. The summed E-state index contributed by atoms with van der Waals surface area (Å²) in [5.41, 5.74) is 8.88. The van der Waals surface area contributed by atoms with Gasteiger partial charge in [0.05, 0.1) is 6.10 Å². The molecule has 2 aromatic carbocycles. The minimum atomic E-state index is -0.422. The first-order chi connectivity index (χ1) is 19.4. The van der Waals surface area contributed by atoms with Crippen molar-refractivity contribution in [3.63, 3.8) is 0 Å². The Morgan fingerprint density at radius 1 is 0.950 bits per heavy atom. The molecule has 10 heteroatoms. The second-order valence-electron chi connectivity index (χ2n) is 10.0. The maximum absolute atomic E-state index is 13.8. The smallest absolute Gasteiger partial charge is 0.332 e. The van der Waals surface area contributed by atoms with Crippen molar-refractivity contribution < 1.29 is 5.11 Å². The number of nitrogens with one attached hydrogen (secondary N) is 1. The van der Waals surface area contributed by atoms with Crippen LogP contribution in [-0.2, 0) is 32.5 Å². The number of aliphatic hydroxyl groups is 1. The largest absolute Gasteiger partial charge is 0.399 e. The van der Waals surface area contributed by atoms with E-state index in [4.69, 9.17) is 10.7 Å². The number of nitrogen functional groups attached to an aromatic ring is 1. The van der Waals surface area contributed by atoms with Crippen LogP contribution in [0.15, 0.2) is 63.0 Å². The highest BCUT2D eigenvalue weighted by Gasteiger charge is 2.21. The highest BCUT2D eigenvalue weighted by atomic mass is 32.2. The Kier molecular flexibility index (Phi) is 10.2. The van der Waals surface area contributed by atoms with Crippen LogP contribution >= 0.6 is 11.8 Å². The maximum atomic E-state index is 13.8. The standard InChI is InChI=1S/C30H40N6O3S/c1-4-16-36-29(38)27-28(35(30(36)39)17-14-21-6-10-23(31)11-7-21)33-26(19-22-8-12-25(40-3)13-9-22)34(27)18-15-32-20-24(37)5-2/h6-13,24,32,37H,4-5,14-20,31H2,1-3H3. The van der Waals surface area contributed by atoms with E-state index < -0.39 is 6.10 Å². The number of thioether (sulfide) groups is 1. The molecule has 2 heterocycles. The Hall–Kier alpha value is -3.34. The summed E-state index contributed by atoms with van der Waals surface area (Å²) in [5.74, 6) is 0.733. The summed E-state index contributed by atoms with van der Waals surface area (Å²) >= 11 is 1.69. The number of aryl methyl sites for hydroxylation is 2. The Labute approximate surface area is 239 Å². The highest BCUT2D eigenvalue weighted by molar-refractivity contribution is 7.98. The van der Waals surface area contributed by atoms with Gasteiger partial charge in [-0.1, -0.05) is 38.1 Å². The second-order valence-corrected chi connectivity index (χ2v) is 10.9. The van der Waals surface area contributed by atoms with Crippen molar-refractivity contribution in [3.05, 3.63) is 86.3 Å². The van der Waals surface area contributed by atoms with Gasteiger partial charge in [0.15, 0.2) is 11.2 Å². The number of fused-ring (bicyclic) bond motifs is 1. The fraction of sp³-hybridized carbons (Fsp3) is 0.433. The molecule has 9 nitrogen and oxygen atoms in total. The predicted molar refractivity (Wildman–Crippen MR) is 163 cm³/mol. The number of aromatic nitrogens is 4. The van der Waals surface area contributed by atoms with Crippen LogP contribution in [0.4, 0.5) is 5.69 Å². The van der Waals surface area contributed by atoms with Gasteiger partial charge in [0, 0.05) is 49.7 Å². The second kappa shape index (κ2) is 13.8. The molecule has 40 heavy (non-hydrogen) atoms. The lowest BCUT2D eigenvalue weighted by Crippen LogP contribution is -2.41. The Morgan fingerprint density at radius 3 is 2.30 bits per heavy atom.